The minimum atomic E-state index is 0.0957. The van der Waals surface area contributed by atoms with Crippen LogP contribution in [0.4, 0.5) is 0 Å². The number of rotatable bonds is 3. The van der Waals surface area contributed by atoms with E-state index in [2.05, 4.69) is 16.2 Å². The second-order valence-corrected chi connectivity index (χ2v) is 3.45. The first-order valence-corrected chi connectivity index (χ1v) is 4.56. The van der Waals surface area contributed by atoms with E-state index < -0.39 is 0 Å². The van der Waals surface area contributed by atoms with Crippen LogP contribution in [-0.2, 0) is 9.53 Å². The molecule has 1 atom stereocenters. The highest BCUT2D eigenvalue weighted by atomic mass is 16.5. The molecule has 1 fully saturated rings. The quantitative estimate of drug-likeness (QED) is 0.543. The molecule has 1 unspecified atom stereocenters. The molecule has 0 aromatic rings. The van der Waals surface area contributed by atoms with Crippen LogP contribution < -0.4 is 16.2 Å². The van der Waals surface area contributed by atoms with Crippen LogP contribution in [0.15, 0.2) is 23.7 Å². The minimum absolute atomic E-state index is 0.0957. The number of allylic oxidation sites excluding steroid dienone is 2. The molecule has 0 aromatic heterocycles. The number of hydrazine groups is 1. The maximum atomic E-state index is 10.6. The van der Waals surface area contributed by atoms with Gasteiger partial charge in [-0.3, -0.25) is 10.2 Å². The van der Waals surface area contributed by atoms with Gasteiger partial charge in [0.25, 0.3) is 0 Å². The van der Waals surface area contributed by atoms with Gasteiger partial charge in [0, 0.05) is 12.3 Å². The number of hydrogen-bond donors (Lipinski definition) is 3. The van der Waals surface area contributed by atoms with Crippen molar-refractivity contribution in [2.45, 2.75) is 19.4 Å². The van der Waals surface area contributed by atoms with Crippen molar-refractivity contribution in [1.82, 2.24) is 16.2 Å². The van der Waals surface area contributed by atoms with E-state index in [1.807, 2.05) is 19.2 Å². The number of hydrogen-bond acceptors (Lipinski definition) is 4. The summed E-state index contributed by atoms with van der Waals surface area (Å²) in [6.45, 7) is 2.49. The molecule has 0 spiro atoms. The Morgan fingerprint density at radius 2 is 2.43 bits per heavy atom. The summed E-state index contributed by atoms with van der Waals surface area (Å²) >= 11 is 0. The third kappa shape index (κ3) is 1.99. The van der Waals surface area contributed by atoms with E-state index in [9.17, 15) is 4.79 Å². The SMILES string of the molecule is CC1=CNNC(OCC2CC(=O)N2)=C1. The predicted octanol–water partition coefficient (Wildman–Crippen LogP) is -0.255. The first-order valence-electron chi connectivity index (χ1n) is 4.56. The second kappa shape index (κ2) is 3.61. The van der Waals surface area contributed by atoms with Gasteiger partial charge in [-0.05, 0) is 12.5 Å². The summed E-state index contributed by atoms with van der Waals surface area (Å²) in [5.74, 6) is 0.782. The van der Waals surface area contributed by atoms with Crippen molar-refractivity contribution in [2.24, 2.45) is 0 Å². The maximum Gasteiger partial charge on any atom is 0.222 e. The van der Waals surface area contributed by atoms with Crippen LogP contribution in [0.1, 0.15) is 13.3 Å². The first kappa shape index (κ1) is 8.93. The second-order valence-electron chi connectivity index (χ2n) is 3.45. The number of amides is 1. The molecule has 76 valence electrons. The highest BCUT2D eigenvalue weighted by molar-refractivity contribution is 5.82. The van der Waals surface area contributed by atoms with Crippen molar-refractivity contribution in [1.29, 1.82) is 0 Å². The van der Waals surface area contributed by atoms with Crippen molar-refractivity contribution >= 4 is 5.91 Å². The van der Waals surface area contributed by atoms with Crippen molar-refractivity contribution in [2.75, 3.05) is 6.61 Å². The average molecular weight is 195 g/mol. The Bertz CT molecular complexity index is 301. The van der Waals surface area contributed by atoms with Crippen molar-refractivity contribution in [3.05, 3.63) is 23.7 Å². The van der Waals surface area contributed by atoms with E-state index in [1.165, 1.54) is 0 Å². The Balaban J connectivity index is 1.75. The van der Waals surface area contributed by atoms with Crippen LogP contribution in [0, 0.1) is 0 Å². The van der Waals surface area contributed by atoms with Crippen LogP contribution in [0.2, 0.25) is 0 Å². The normalized spacial score (nSPS) is 24.6. The van der Waals surface area contributed by atoms with E-state index in [4.69, 9.17) is 4.74 Å². The molecule has 0 saturated carbocycles. The summed E-state index contributed by atoms with van der Waals surface area (Å²) in [4.78, 5) is 10.6. The van der Waals surface area contributed by atoms with Gasteiger partial charge >= 0.3 is 0 Å². The Labute approximate surface area is 82.2 Å². The molecule has 2 aliphatic rings. The summed E-state index contributed by atoms with van der Waals surface area (Å²) < 4.78 is 5.44. The van der Waals surface area contributed by atoms with Crippen LogP contribution >= 0.6 is 0 Å². The molecule has 0 radical (unpaired) electrons. The summed E-state index contributed by atoms with van der Waals surface area (Å²) in [6, 6.07) is 0.163. The number of ether oxygens (including phenoxy) is 1. The van der Waals surface area contributed by atoms with Crippen LogP contribution in [0.3, 0.4) is 0 Å². The molecule has 5 heteroatoms. The number of β-lactam (4-membered cyclic amide) rings is 1. The molecule has 2 aliphatic heterocycles. The molecular weight excluding hydrogens is 182 g/mol. The van der Waals surface area contributed by atoms with Crippen molar-refractivity contribution in [3.8, 4) is 0 Å². The fourth-order valence-electron chi connectivity index (χ4n) is 1.30. The summed E-state index contributed by atoms with van der Waals surface area (Å²) in [7, 11) is 0. The monoisotopic (exact) mass is 195 g/mol. The average Bonchev–Trinajstić information content (AvgIpc) is 2.11. The standard InChI is InChI=1S/C9H13N3O2/c1-6-2-9(12-10-4-6)14-5-7-3-8(13)11-7/h2,4,7,10,12H,3,5H2,1H3,(H,11,13). The lowest BCUT2D eigenvalue weighted by atomic mass is 10.1. The zero-order valence-corrected chi connectivity index (χ0v) is 7.96. The molecule has 14 heavy (non-hydrogen) atoms. The molecule has 0 aromatic carbocycles. The van der Waals surface area contributed by atoms with E-state index in [1.54, 1.807) is 0 Å². The highest BCUT2D eigenvalue weighted by Crippen LogP contribution is 2.08. The van der Waals surface area contributed by atoms with Gasteiger partial charge in [-0.1, -0.05) is 0 Å². The van der Waals surface area contributed by atoms with Gasteiger partial charge in [0.05, 0.1) is 12.5 Å². The van der Waals surface area contributed by atoms with E-state index in [0.29, 0.717) is 18.9 Å². The topological polar surface area (TPSA) is 62.4 Å². The van der Waals surface area contributed by atoms with Gasteiger partial charge in [-0.2, -0.15) is 0 Å². The zero-order chi connectivity index (χ0) is 9.97. The Kier molecular flexibility index (Phi) is 2.30. The van der Waals surface area contributed by atoms with Gasteiger partial charge in [-0.15, -0.1) is 0 Å². The summed E-state index contributed by atoms with van der Waals surface area (Å²) in [5, 5.41) is 2.74. The zero-order valence-electron chi connectivity index (χ0n) is 7.96. The molecule has 2 rings (SSSR count). The van der Waals surface area contributed by atoms with Gasteiger partial charge in [0.2, 0.25) is 11.8 Å². The number of nitrogens with one attached hydrogen (secondary N) is 3. The maximum absolute atomic E-state index is 10.6. The van der Waals surface area contributed by atoms with Crippen molar-refractivity contribution in [3.63, 3.8) is 0 Å². The van der Waals surface area contributed by atoms with Gasteiger partial charge in [-0.25, -0.2) is 0 Å². The fourth-order valence-corrected chi connectivity index (χ4v) is 1.30. The lowest BCUT2D eigenvalue weighted by molar-refractivity contribution is -0.129. The lowest BCUT2D eigenvalue weighted by Gasteiger charge is -2.27. The first-order chi connectivity index (χ1) is 6.74. The van der Waals surface area contributed by atoms with Crippen LogP contribution in [-0.4, -0.2) is 18.6 Å². The molecule has 2 heterocycles. The Hall–Kier alpha value is -1.65. The van der Waals surface area contributed by atoms with E-state index >= 15 is 0 Å². The van der Waals surface area contributed by atoms with Gasteiger partial charge in [0.15, 0.2) is 0 Å². The molecule has 0 aliphatic carbocycles. The third-order valence-corrected chi connectivity index (χ3v) is 2.09. The smallest absolute Gasteiger partial charge is 0.222 e. The predicted molar refractivity (Wildman–Crippen MR) is 50.6 cm³/mol. The Morgan fingerprint density at radius 1 is 1.64 bits per heavy atom. The largest absolute Gasteiger partial charge is 0.476 e. The van der Waals surface area contributed by atoms with E-state index in [0.717, 1.165) is 5.57 Å². The van der Waals surface area contributed by atoms with Crippen molar-refractivity contribution < 1.29 is 9.53 Å². The molecule has 1 saturated heterocycles. The molecule has 0 bridgehead atoms. The number of carbonyl (C=O) groups is 1. The third-order valence-electron chi connectivity index (χ3n) is 2.09. The van der Waals surface area contributed by atoms with Crippen LogP contribution in [0.25, 0.3) is 0 Å². The van der Waals surface area contributed by atoms with Crippen LogP contribution in [0.5, 0.6) is 0 Å². The molecule has 5 nitrogen and oxygen atoms in total. The lowest BCUT2D eigenvalue weighted by Crippen LogP contribution is -2.51. The van der Waals surface area contributed by atoms with Gasteiger partial charge in [0.1, 0.15) is 6.61 Å². The highest BCUT2D eigenvalue weighted by Gasteiger charge is 2.25. The fraction of sp³-hybridized carbons (Fsp3) is 0.444. The van der Waals surface area contributed by atoms with E-state index in [-0.39, 0.29) is 11.9 Å². The van der Waals surface area contributed by atoms with Gasteiger partial charge < -0.3 is 15.5 Å². The molecular formula is C9H13N3O2. The Morgan fingerprint density at radius 3 is 3.07 bits per heavy atom. The molecule has 3 N–H and O–H groups in total. The molecule has 1 amide bonds. The number of carbonyl (C=O) groups excluding carboxylic acids is 1. The summed E-state index contributed by atoms with van der Waals surface area (Å²) in [6.07, 6.45) is 4.31. The minimum Gasteiger partial charge on any atom is -0.476 e. The summed E-state index contributed by atoms with van der Waals surface area (Å²) in [5.41, 5.74) is 6.82.